The van der Waals surface area contributed by atoms with Crippen LogP contribution in [0.15, 0.2) is 0 Å². The Hall–Kier alpha value is -0.160. The first-order valence-corrected chi connectivity index (χ1v) is 7.08. The highest BCUT2D eigenvalue weighted by Crippen LogP contribution is 2.04. The maximum absolute atomic E-state index is 10.00. The fourth-order valence-electron chi connectivity index (χ4n) is 1.79. The molecule has 1 unspecified atom stereocenters. The Morgan fingerprint density at radius 1 is 0.833 bits per heavy atom. The molecule has 0 aromatic heterocycles. The molecular weight excluding hydrogens is 226 g/mol. The second-order valence-electron chi connectivity index (χ2n) is 5.83. The summed E-state index contributed by atoms with van der Waals surface area (Å²) in [5.41, 5.74) is 0. The van der Waals surface area contributed by atoms with E-state index in [2.05, 4.69) is 49.7 Å². The van der Waals surface area contributed by atoms with Gasteiger partial charge in [-0.05, 0) is 74.4 Å². The van der Waals surface area contributed by atoms with Crippen LogP contribution in [0.3, 0.4) is 0 Å². The van der Waals surface area contributed by atoms with E-state index in [4.69, 9.17) is 0 Å². The van der Waals surface area contributed by atoms with Crippen molar-refractivity contribution in [3.05, 3.63) is 0 Å². The van der Waals surface area contributed by atoms with Gasteiger partial charge >= 0.3 is 0 Å². The highest BCUT2D eigenvalue weighted by Gasteiger charge is 2.11. The van der Waals surface area contributed by atoms with E-state index >= 15 is 0 Å². The lowest BCUT2D eigenvalue weighted by molar-refractivity contribution is 0.0110. The van der Waals surface area contributed by atoms with Crippen molar-refractivity contribution in [1.82, 2.24) is 14.7 Å². The SMILES string of the molecule is CC(C)N(C)CCCN(C)C(O)CCCN(C)C. The molecule has 0 fully saturated rings. The Morgan fingerprint density at radius 3 is 1.89 bits per heavy atom. The molecule has 0 heterocycles. The van der Waals surface area contributed by atoms with Crippen molar-refractivity contribution < 1.29 is 5.11 Å². The molecule has 1 atom stereocenters. The van der Waals surface area contributed by atoms with Crippen LogP contribution in [0.5, 0.6) is 0 Å². The largest absolute Gasteiger partial charge is 0.378 e. The van der Waals surface area contributed by atoms with Gasteiger partial charge in [-0.25, -0.2) is 0 Å². The highest BCUT2D eigenvalue weighted by atomic mass is 16.3. The molecule has 1 N–H and O–H groups in total. The molecular formula is C14H33N3O. The Morgan fingerprint density at radius 2 is 1.39 bits per heavy atom. The maximum Gasteiger partial charge on any atom is 0.107 e. The minimum atomic E-state index is -0.297. The highest BCUT2D eigenvalue weighted by molar-refractivity contribution is 4.62. The van der Waals surface area contributed by atoms with Crippen LogP contribution in [-0.4, -0.2) is 79.9 Å². The van der Waals surface area contributed by atoms with Crippen molar-refractivity contribution in [2.24, 2.45) is 0 Å². The van der Waals surface area contributed by atoms with E-state index in [0.717, 1.165) is 38.9 Å². The molecule has 4 nitrogen and oxygen atoms in total. The van der Waals surface area contributed by atoms with Crippen LogP contribution in [0.25, 0.3) is 0 Å². The zero-order valence-corrected chi connectivity index (χ0v) is 13.2. The Balaban J connectivity index is 3.64. The fourth-order valence-corrected chi connectivity index (χ4v) is 1.79. The van der Waals surface area contributed by atoms with Crippen LogP contribution in [-0.2, 0) is 0 Å². The van der Waals surface area contributed by atoms with Gasteiger partial charge in [-0.15, -0.1) is 0 Å². The van der Waals surface area contributed by atoms with Gasteiger partial charge in [-0.2, -0.15) is 0 Å². The molecule has 0 bridgehead atoms. The van der Waals surface area contributed by atoms with E-state index in [1.165, 1.54) is 0 Å². The summed E-state index contributed by atoms with van der Waals surface area (Å²) in [5.74, 6) is 0. The van der Waals surface area contributed by atoms with Crippen LogP contribution in [0, 0.1) is 0 Å². The summed E-state index contributed by atoms with van der Waals surface area (Å²) in [7, 11) is 8.30. The van der Waals surface area contributed by atoms with E-state index < -0.39 is 0 Å². The molecule has 18 heavy (non-hydrogen) atoms. The number of aliphatic hydroxyl groups excluding tert-OH is 1. The van der Waals surface area contributed by atoms with Gasteiger partial charge in [-0.1, -0.05) is 0 Å². The number of hydrogen-bond acceptors (Lipinski definition) is 4. The molecule has 110 valence electrons. The molecule has 0 rings (SSSR count). The third kappa shape index (κ3) is 8.86. The lowest BCUT2D eigenvalue weighted by Crippen LogP contribution is -2.35. The first-order chi connectivity index (χ1) is 8.34. The van der Waals surface area contributed by atoms with Crippen LogP contribution in [0.4, 0.5) is 0 Å². The van der Waals surface area contributed by atoms with Gasteiger partial charge in [0, 0.05) is 12.6 Å². The van der Waals surface area contributed by atoms with Gasteiger partial charge in [0.15, 0.2) is 0 Å². The first-order valence-electron chi connectivity index (χ1n) is 7.08. The van der Waals surface area contributed by atoms with Gasteiger partial charge < -0.3 is 14.9 Å². The van der Waals surface area contributed by atoms with Gasteiger partial charge in [0.1, 0.15) is 6.23 Å². The third-order valence-corrected chi connectivity index (χ3v) is 3.48. The number of hydrogen-bond donors (Lipinski definition) is 1. The van der Waals surface area contributed by atoms with Crippen molar-refractivity contribution in [3.63, 3.8) is 0 Å². The zero-order chi connectivity index (χ0) is 14.1. The first kappa shape index (κ1) is 17.8. The van der Waals surface area contributed by atoms with Gasteiger partial charge in [0.25, 0.3) is 0 Å². The van der Waals surface area contributed by atoms with Crippen molar-refractivity contribution in [2.75, 3.05) is 47.8 Å². The van der Waals surface area contributed by atoms with Crippen molar-refractivity contribution in [3.8, 4) is 0 Å². The zero-order valence-electron chi connectivity index (χ0n) is 13.2. The lowest BCUT2D eigenvalue weighted by atomic mass is 10.2. The molecule has 0 aliphatic carbocycles. The Labute approximate surface area is 114 Å². The monoisotopic (exact) mass is 259 g/mol. The predicted octanol–water partition coefficient (Wildman–Crippen LogP) is 1.31. The summed E-state index contributed by atoms with van der Waals surface area (Å²) < 4.78 is 0. The Kier molecular flexibility index (Phi) is 9.64. The minimum Gasteiger partial charge on any atom is -0.378 e. The lowest BCUT2D eigenvalue weighted by Gasteiger charge is -2.26. The maximum atomic E-state index is 10.00. The second-order valence-corrected chi connectivity index (χ2v) is 5.83. The van der Waals surface area contributed by atoms with Crippen molar-refractivity contribution in [1.29, 1.82) is 0 Å². The molecule has 0 spiro atoms. The predicted molar refractivity (Wildman–Crippen MR) is 78.8 cm³/mol. The summed E-state index contributed by atoms with van der Waals surface area (Å²) in [6.07, 6.45) is 2.71. The molecule has 0 aromatic carbocycles. The molecule has 0 amide bonds. The fraction of sp³-hybridized carbons (Fsp3) is 1.00. The molecule has 0 saturated heterocycles. The summed E-state index contributed by atoms with van der Waals surface area (Å²) in [4.78, 5) is 6.56. The molecule has 0 aliphatic rings. The van der Waals surface area contributed by atoms with E-state index in [0.29, 0.717) is 6.04 Å². The van der Waals surface area contributed by atoms with E-state index in [-0.39, 0.29) is 6.23 Å². The van der Waals surface area contributed by atoms with Crippen molar-refractivity contribution >= 4 is 0 Å². The average Bonchev–Trinajstić information content (AvgIpc) is 2.27. The summed E-state index contributed by atoms with van der Waals surface area (Å²) >= 11 is 0. The minimum absolute atomic E-state index is 0.297. The van der Waals surface area contributed by atoms with Crippen LogP contribution < -0.4 is 0 Å². The standard InChI is InChI=1S/C14H33N3O/c1-13(2)16(5)11-8-12-17(6)14(18)9-7-10-15(3)4/h13-14,18H,7-12H2,1-6H3. The topological polar surface area (TPSA) is 30.0 Å². The average molecular weight is 259 g/mol. The number of nitrogens with zero attached hydrogens (tertiary/aromatic N) is 3. The smallest absolute Gasteiger partial charge is 0.107 e. The van der Waals surface area contributed by atoms with Gasteiger partial charge in [-0.3, -0.25) is 4.90 Å². The van der Waals surface area contributed by atoms with Crippen molar-refractivity contribution in [2.45, 2.75) is 45.4 Å². The normalized spacial score (nSPS) is 14.2. The summed E-state index contributed by atoms with van der Waals surface area (Å²) in [6.45, 7) is 7.51. The van der Waals surface area contributed by atoms with E-state index in [9.17, 15) is 5.11 Å². The van der Waals surface area contributed by atoms with E-state index in [1.54, 1.807) is 0 Å². The molecule has 4 heteroatoms. The van der Waals surface area contributed by atoms with Crippen LogP contribution in [0.1, 0.15) is 33.1 Å². The summed E-state index contributed by atoms with van der Waals surface area (Å²) in [6, 6.07) is 0.598. The van der Waals surface area contributed by atoms with Crippen LogP contribution in [0.2, 0.25) is 0 Å². The summed E-state index contributed by atoms with van der Waals surface area (Å²) in [5, 5.41) is 10.00. The molecule has 0 saturated carbocycles. The second kappa shape index (κ2) is 9.73. The molecule has 0 aliphatic heterocycles. The van der Waals surface area contributed by atoms with Crippen LogP contribution >= 0.6 is 0 Å². The quantitative estimate of drug-likeness (QED) is 0.599. The van der Waals surface area contributed by atoms with Gasteiger partial charge in [0.05, 0.1) is 0 Å². The molecule has 0 aromatic rings. The third-order valence-electron chi connectivity index (χ3n) is 3.48. The number of aliphatic hydroxyl groups is 1. The van der Waals surface area contributed by atoms with Gasteiger partial charge in [0.2, 0.25) is 0 Å². The molecule has 0 radical (unpaired) electrons. The van der Waals surface area contributed by atoms with E-state index in [1.807, 2.05) is 7.05 Å². The Bertz CT molecular complexity index is 197. The number of rotatable bonds is 10.